The molecule has 10 nitrogen and oxygen atoms in total. The van der Waals surface area contributed by atoms with Crippen LogP contribution in [0.3, 0.4) is 0 Å². The molecule has 0 spiro atoms. The summed E-state index contributed by atoms with van der Waals surface area (Å²) >= 11 is 0. The van der Waals surface area contributed by atoms with Crippen LogP contribution >= 0.6 is 0 Å². The van der Waals surface area contributed by atoms with E-state index in [4.69, 9.17) is 9.15 Å². The number of amides is 2. The van der Waals surface area contributed by atoms with E-state index in [1.165, 1.54) is 18.3 Å². The Bertz CT molecular complexity index is 1240. The molecule has 2 aromatic carbocycles. The average Bonchev–Trinajstić information content (AvgIpc) is 3.27. The van der Waals surface area contributed by atoms with Crippen molar-refractivity contribution >= 4 is 33.7 Å². The first-order chi connectivity index (χ1) is 15.9. The van der Waals surface area contributed by atoms with Crippen LogP contribution in [0.25, 0.3) is 0 Å². The summed E-state index contributed by atoms with van der Waals surface area (Å²) in [4.78, 5) is 24.2. The number of furan rings is 1. The van der Waals surface area contributed by atoms with Crippen LogP contribution in [0.4, 0.5) is 5.69 Å². The molecule has 1 aromatic heterocycles. The second-order valence-electron chi connectivity index (χ2n) is 6.52. The Morgan fingerprint density at radius 3 is 2.48 bits per heavy atom. The van der Waals surface area contributed by atoms with Gasteiger partial charge in [-0.05, 0) is 43.3 Å². The third-order valence-electron chi connectivity index (χ3n) is 4.17. The summed E-state index contributed by atoms with van der Waals surface area (Å²) in [7, 11) is -3.67. The minimum absolute atomic E-state index is 0.0704. The lowest BCUT2D eigenvalue weighted by Crippen LogP contribution is -2.32. The molecule has 3 aromatic rings. The Morgan fingerprint density at radius 1 is 1.00 bits per heavy atom. The van der Waals surface area contributed by atoms with Crippen LogP contribution in [0.1, 0.15) is 18.4 Å². The van der Waals surface area contributed by atoms with Gasteiger partial charge in [0.1, 0.15) is 17.3 Å². The van der Waals surface area contributed by atoms with Gasteiger partial charge in [0.2, 0.25) is 10.0 Å². The Kier molecular flexibility index (Phi) is 7.95. The highest BCUT2D eigenvalue weighted by molar-refractivity contribution is 7.89. The molecule has 11 heteroatoms. The fourth-order valence-corrected chi connectivity index (χ4v) is 3.66. The number of sulfonamides is 1. The molecular formula is C22H22N4O6S. The number of hydrogen-bond donors (Lipinski definition) is 3. The van der Waals surface area contributed by atoms with E-state index in [0.29, 0.717) is 23.8 Å². The molecule has 172 valence electrons. The zero-order valence-electron chi connectivity index (χ0n) is 17.6. The van der Waals surface area contributed by atoms with E-state index in [9.17, 15) is 18.0 Å². The minimum atomic E-state index is -3.67. The zero-order chi connectivity index (χ0) is 23.7. The monoisotopic (exact) mass is 470 g/mol. The topological polar surface area (TPSA) is 139 Å². The lowest BCUT2D eigenvalue weighted by atomic mass is 10.3. The molecule has 0 saturated heterocycles. The smallest absolute Gasteiger partial charge is 0.329 e. The number of hydrazone groups is 1. The molecular weight excluding hydrogens is 448 g/mol. The molecule has 0 bridgehead atoms. The summed E-state index contributed by atoms with van der Waals surface area (Å²) in [6.45, 7) is 2.14. The zero-order valence-corrected chi connectivity index (χ0v) is 18.5. The Hall–Kier alpha value is -3.96. The predicted molar refractivity (Wildman–Crippen MR) is 121 cm³/mol. The SMILES string of the molecule is CCOc1ccccc1NC(=O)C(=O)N/N=C/c1ccc(CNS(=O)(=O)c2ccccc2)o1. The van der Waals surface area contributed by atoms with Gasteiger partial charge in [-0.15, -0.1) is 0 Å². The van der Waals surface area contributed by atoms with Gasteiger partial charge in [0.25, 0.3) is 0 Å². The quantitative estimate of drug-likeness (QED) is 0.249. The summed E-state index contributed by atoms with van der Waals surface area (Å²) in [5.41, 5.74) is 2.45. The number of nitrogens with one attached hydrogen (secondary N) is 3. The maximum Gasteiger partial charge on any atom is 0.329 e. The van der Waals surface area contributed by atoms with E-state index >= 15 is 0 Å². The third-order valence-corrected chi connectivity index (χ3v) is 5.59. The van der Waals surface area contributed by atoms with Gasteiger partial charge in [-0.1, -0.05) is 30.3 Å². The van der Waals surface area contributed by atoms with E-state index in [-0.39, 0.29) is 17.2 Å². The van der Waals surface area contributed by atoms with Crippen LogP contribution in [-0.2, 0) is 26.2 Å². The van der Waals surface area contributed by atoms with Gasteiger partial charge in [-0.25, -0.2) is 18.6 Å². The van der Waals surface area contributed by atoms with Crippen molar-refractivity contribution in [3.63, 3.8) is 0 Å². The Balaban J connectivity index is 1.51. The summed E-state index contributed by atoms with van der Waals surface area (Å²) in [6.07, 6.45) is 1.19. The van der Waals surface area contributed by atoms with E-state index in [0.717, 1.165) is 0 Å². The number of rotatable bonds is 9. The number of nitrogens with zero attached hydrogens (tertiary/aromatic N) is 1. The van der Waals surface area contributed by atoms with E-state index in [1.807, 2.05) is 0 Å². The molecule has 0 aliphatic heterocycles. The van der Waals surface area contributed by atoms with Gasteiger partial charge in [0.15, 0.2) is 0 Å². The van der Waals surface area contributed by atoms with Crippen LogP contribution in [0.2, 0.25) is 0 Å². The molecule has 0 fully saturated rings. The number of ether oxygens (including phenoxy) is 1. The molecule has 2 amide bonds. The van der Waals surface area contributed by atoms with Gasteiger partial charge in [0.05, 0.1) is 29.9 Å². The second-order valence-corrected chi connectivity index (χ2v) is 8.29. The van der Waals surface area contributed by atoms with Crippen molar-refractivity contribution in [2.45, 2.75) is 18.4 Å². The normalized spacial score (nSPS) is 11.3. The minimum Gasteiger partial charge on any atom is -0.492 e. The second kappa shape index (κ2) is 11.1. The number of para-hydroxylation sites is 2. The first-order valence-electron chi connectivity index (χ1n) is 9.88. The van der Waals surface area contributed by atoms with Crippen molar-refractivity contribution in [1.82, 2.24) is 10.1 Å². The number of carbonyl (C=O) groups excluding carboxylic acids is 2. The van der Waals surface area contributed by atoms with Crippen molar-refractivity contribution in [2.75, 3.05) is 11.9 Å². The van der Waals surface area contributed by atoms with Crippen LogP contribution in [-0.4, -0.2) is 33.1 Å². The third kappa shape index (κ3) is 6.76. The molecule has 0 aliphatic carbocycles. The largest absolute Gasteiger partial charge is 0.492 e. The van der Waals surface area contributed by atoms with Gasteiger partial charge in [-0.2, -0.15) is 5.10 Å². The predicted octanol–water partition coefficient (Wildman–Crippen LogP) is 2.25. The van der Waals surface area contributed by atoms with Crippen molar-refractivity contribution in [1.29, 1.82) is 0 Å². The van der Waals surface area contributed by atoms with E-state index in [2.05, 4.69) is 20.6 Å². The highest BCUT2D eigenvalue weighted by Gasteiger charge is 2.16. The van der Waals surface area contributed by atoms with Crippen LogP contribution < -0.4 is 20.2 Å². The molecule has 3 N–H and O–H groups in total. The molecule has 0 atom stereocenters. The Labute approximate surface area is 190 Å². The summed E-state index contributed by atoms with van der Waals surface area (Å²) in [5, 5.41) is 6.14. The number of hydrogen-bond acceptors (Lipinski definition) is 7. The lowest BCUT2D eigenvalue weighted by Gasteiger charge is -2.10. The number of benzene rings is 2. The first-order valence-corrected chi connectivity index (χ1v) is 11.4. The highest BCUT2D eigenvalue weighted by Crippen LogP contribution is 2.23. The fraction of sp³-hybridized carbons (Fsp3) is 0.136. The van der Waals surface area contributed by atoms with Crippen LogP contribution in [0.5, 0.6) is 5.75 Å². The van der Waals surface area contributed by atoms with Crippen molar-refractivity contribution in [2.24, 2.45) is 5.10 Å². The first kappa shape index (κ1) is 23.7. The average molecular weight is 471 g/mol. The van der Waals surface area contributed by atoms with Gasteiger partial charge < -0.3 is 14.5 Å². The van der Waals surface area contributed by atoms with E-state index in [1.54, 1.807) is 61.5 Å². The number of anilines is 1. The van der Waals surface area contributed by atoms with Crippen molar-refractivity contribution in [3.8, 4) is 5.75 Å². The number of carbonyl (C=O) groups is 2. The fourth-order valence-electron chi connectivity index (χ4n) is 2.64. The molecule has 0 radical (unpaired) electrons. The van der Waals surface area contributed by atoms with Crippen LogP contribution in [0.15, 0.2) is 81.1 Å². The Morgan fingerprint density at radius 2 is 1.73 bits per heavy atom. The van der Waals surface area contributed by atoms with E-state index < -0.39 is 21.8 Å². The van der Waals surface area contributed by atoms with Crippen molar-refractivity contribution < 1.29 is 27.2 Å². The lowest BCUT2D eigenvalue weighted by molar-refractivity contribution is -0.136. The van der Waals surface area contributed by atoms with Gasteiger partial charge in [0, 0.05) is 0 Å². The van der Waals surface area contributed by atoms with Gasteiger partial charge >= 0.3 is 11.8 Å². The molecule has 33 heavy (non-hydrogen) atoms. The molecule has 0 unspecified atom stereocenters. The van der Waals surface area contributed by atoms with Gasteiger partial charge in [-0.3, -0.25) is 9.59 Å². The van der Waals surface area contributed by atoms with Crippen molar-refractivity contribution in [3.05, 3.63) is 78.3 Å². The maximum atomic E-state index is 12.2. The van der Waals surface area contributed by atoms with Crippen LogP contribution in [0, 0.1) is 0 Å². The molecule has 3 rings (SSSR count). The summed E-state index contributed by atoms with van der Waals surface area (Å²) in [6, 6.07) is 17.8. The summed E-state index contributed by atoms with van der Waals surface area (Å²) in [5.74, 6) is -0.871. The highest BCUT2D eigenvalue weighted by atomic mass is 32.2. The standard InChI is InChI=1S/C22H22N4O6S/c1-2-31-20-11-7-6-10-19(20)25-21(27)22(28)26-23-14-16-12-13-17(32-16)15-24-33(29,30)18-8-4-3-5-9-18/h3-14,24H,2,15H2,1H3,(H,25,27)(H,26,28)/b23-14+. The molecule has 0 saturated carbocycles. The molecule has 0 aliphatic rings. The molecule has 1 heterocycles. The maximum absolute atomic E-state index is 12.2. The summed E-state index contributed by atoms with van der Waals surface area (Å²) < 4.78 is 37.8.